The number of thioether (sulfide) groups is 1. The molecule has 6 heterocycles. The molecule has 12 nitrogen and oxygen atoms in total. The summed E-state index contributed by atoms with van der Waals surface area (Å²) in [7, 11) is 1.49. The zero-order valence-electron chi connectivity index (χ0n) is 24.0. The maximum atomic E-state index is 12.8. The van der Waals surface area contributed by atoms with E-state index in [1.165, 1.54) is 25.8 Å². The first-order valence-corrected chi connectivity index (χ1v) is 15.0. The van der Waals surface area contributed by atoms with Gasteiger partial charge in [0.15, 0.2) is 29.1 Å². The van der Waals surface area contributed by atoms with Crippen molar-refractivity contribution in [1.82, 2.24) is 4.90 Å². The minimum atomic E-state index is -1.40. The van der Waals surface area contributed by atoms with Crippen molar-refractivity contribution in [3.8, 4) is 34.8 Å². The van der Waals surface area contributed by atoms with Crippen molar-refractivity contribution in [3.63, 3.8) is 0 Å². The van der Waals surface area contributed by atoms with Crippen LogP contribution in [0.5, 0.6) is 28.7 Å². The molecule has 8 rings (SSSR count). The van der Waals surface area contributed by atoms with Gasteiger partial charge in [-0.3, -0.25) is 9.69 Å². The number of nitriles is 1. The van der Waals surface area contributed by atoms with E-state index in [4.69, 9.17) is 29.0 Å². The number of ether oxygens (including phenoxy) is 5. The van der Waals surface area contributed by atoms with Gasteiger partial charge in [0.2, 0.25) is 6.79 Å². The van der Waals surface area contributed by atoms with Gasteiger partial charge in [-0.2, -0.15) is 5.26 Å². The summed E-state index contributed by atoms with van der Waals surface area (Å²) in [6.45, 7) is 4.81. The number of carbonyl (C=O) groups excluding carboxylic acids is 2. The van der Waals surface area contributed by atoms with Crippen LogP contribution in [0.3, 0.4) is 0 Å². The normalized spacial score (nSPS) is 31.6. The van der Waals surface area contributed by atoms with E-state index in [0.29, 0.717) is 45.3 Å². The van der Waals surface area contributed by atoms with Crippen LogP contribution in [0.15, 0.2) is 6.07 Å². The summed E-state index contributed by atoms with van der Waals surface area (Å²) >= 11 is 1.28. The number of aryl methyl sites for hydroxylation is 1. The Morgan fingerprint density at radius 2 is 1.98 bits per heavy atom. The van der Waals surface area contributed by atoms with Gasteiger partial charge in [0.25, 0.3) is 0 Å². The zero-order valence-corrected chi connectivity index (χ0v) is 24.8. The van der Waals surface area contributed by atoms with E-state index in [1.54, 1.807) is 6.92 Å². The van der Waals surface area contributed by atoms with Crippen LogP contribution in [-0.2, 0) is 20.7 Å². The Morgan fingerprint density at radius 3 is 2.70 bits per heavy atom. The number of aromatic hydroxyl groups is 1. The molecule has 13 heteroatoms. The highest BCUT2D eigenvalue weighted by molar-refractivity contribution is 7.99. The molecule has 2 aromatic carbocycles. The first-order valence-electron chi connectivity index (χ1n) is 14.0. The molecule has 2 saturated heterocycles. The first-order chi connectivity index (χ1) is 20.6. The maximum Gasteiger partial charge on any atom is 0.335 e. The van der Waals surface area contributed by atoms with E-state index in [1.807, 2.05) is 13.0 Å². The smallest absolute Gasteiger partial charge is 0.335 e. The summed E-state index contributed by atoms with van der Waals surface area (Å²) in [4.78, 5) is 27.4. The van der Waals surface area contributed by atoms with Gasteiger partial charge >= 0.3 is 11.9 Å². The topological polar surface area (TPSA) is 162 Å². The molecular weight excluding hydrogens is 578 g/mol. The maximum absolute atomic E-state index is 12.8. The van der Waals surface area contributed by atoms with Crippen molar-refractivity contribution in [2.45, 2.75) is 62.2 Å². The molecule has 0 radical (unpaired) electrons. The molecule has 226 valence electrons. The Morgan fingerprint density at radius 1 is 1.21 bits per heavy atom. The largest absolute Gasteiger partial charge is 0.652 e. The van der Waals surface area contributed by atoms with Gasteiger partial charge in [0.05, 0.1) is 24.8 Å². The summed E-state index contributed by atoms with van der Waals surface area (Å²) in [5, 5.41) is 37.7. The van der Waals surface area contributed by atoms with Crippen LogP contribution in [0.25, 0.3) is 5.32 Å². The van der Waals surface area contributed by atoms with Crippen molar-refractivity contribution < 1.29 is 43.5 Å². The van der Waals surface area contributed by atoms with Gasteiger partial charge in [0, 0.05) is 47.1 Å². The molecule has 0 spiro atoms. The number of methoxy groups -OCH3 is 1. The number of phenolic OH excluding ortho intramolecular Hbond substituents is 1. The molecule has 2 unspecified atom stereocenters. The number of piperazine rings is 1. The standard InChI is InChI=1S/C30H30N3O9S/c1-12-5-15-6-30(9-31)10-32-21(18(15)23(36)24(12)38-4)22-28-20-19(16(33(22)30)7-39-29(37)17(35)8-43-28)27-26(40-11-41-27)13(2)25(20)42-14(3)34/h5,16-17,21-22,28,35-36H,6-8,10-11H2,1-4H3/q-1/t16-,17+,21+,22?,28+,30-/m0/s1. The SMILES string of the molecule is COc1c(C)cc2c(c1O)[C@H]1[N-]C[C@@](C#N)(C2)N2C1[C@@H]1SC[C@@H](O)C(=O)OC[C@H]2c2c3c(c(C)c(OC(C)=O)c21)OCO3. The lowest BCUT2D eigenvalue weighted by Crippen LogP contribution is -2.64. The molecule has 0 aromatic heterocycles. The minimum Gasteiger partial charge on any atom is -0.652 e. The van der Waals surface area contributed by atoms with Crippen molar-refractivity contribution >= 4 is 23.7 Å². The quantitative estimate of drug-likeness (QED) is 0.379. The number of fused-ring (bicyclic) bond motifs is 6. The molecule has 0 amide bonds. The lowest BCUT2D eigenvalue weighted by atomic mass is 9.76. The number of hydrogen-bond donors (Lipinski definition) is 2. The van der Waals surface area contributed by atoms with Crippen LogP contribution < -0.4 is 18.9 Å². The minimum absolute atomic E-state index is 0.0337. The highest BCUT2D eigenvalue weighted by Gasteiger charge is 2.58. The van der Waals surface area contributed by atoms with Gasteiger partial charge in [-0.05, 0) is 30.5 Å². The fraction of sp³-hybridized carbons (Fsp3) is 0.500. The molecular formula is C30H30N3O9S-. The second kappa shape index (κ2) is 9.92. The molecule has 43 heavy (non-hydrogen) atoms. The third-order valence-corrected chi connectivity index (χ3v) is 10.5. The number of rotatable bonds is 2. The number of aliphatic hydroxyl groups is 1. The van der Waals surface area contributed by atoms with Crippen LogP contribution in [0.4, 0.5) is 0 Å². The third-order valence-electron chi connectivity index (χ3n) is 9.12. The number of aliphatic hydroxyl groups excluding tert-OH is 1. The average Bonchev–Trinajstić information content (AvgIpc) is 3.36. The van der Waals surface area contributed by atoms with Crippen molar-refractivity contribution in [1.29, 1.82) is 5.26 Å². The summed E-state index contributed by atoms with van der Waals surface area (Å²) in [6, 6.07) is 2.53. The van der Waals surface area contributed by atoms with E-state index in [2.05, 4.69) is 11.0 Å². The molecule has 2 aromatic rings. The van der Waals surface area contributed by atoms with Gasteiger partial charge in [-0.15, -0.1) is 18.3 Å². The third kappa shape index (κ3) is 3.86. The molecule has 7 atom stereocenters. The molecule has 2 fully saturated rings. The summed E-state index contributed by atoms with van der Waals surface area (Å²) in [6.07, 6.45) is -1.16. The van der Waals surface area contributed by atoms with E-state index in [-0.39, 0.29) is 37.9 Å². The summed E-state index contributed by atoms with van der Waals surface area (Å²) in [5.41, 5.74) is 2.69. The zero-order chi connectivity index (χ0) is 30.4. The van der Waals surface area contributed by atoms with Crippen LogP contribution in [0, 0.1) is 25.2 Å². The Balaban J connectivity index is 1.57. The van der Waals surface area contributed by atoms with Crippen LogP contribution >= 0.6 is 11.8 Å². The van der Waals surface area contributed by atoms with Crippen LogP contribution in [0.1, 0.15) is 57.6 Å². The van der Waals surface area contributed by atoms with Gasteiger partial charge in [-0.25, -0.2) is 4.79 Å². The second-order valence-corrected chi connectivity index (χ2v) is 12.7. The van der Waals surface area contributed by atoms with E-state index >= 15 is 0 Å². The van der Waals surface area contributed by atoms with Crippen molar-refractivity contribution in [3.05, 3.63) is 44.8 Å². The Bertz CT molecular complexity index is 1620. The summed E-state index contributed by atoms with van der Waals surface area (Å²) in [5.74, 6) is 0.124. The molecule has 6 aliphatic heterocycles. The first kappa shape index (κ1) is 28.1. The molecule has 0 saturated carbocycles. The molecule has 0 aliphatic carbocycles. The molecule has 4 bridgehead atoms. The number of phenols is 1. The number of esters is 2. The highest BCUT2D eigenvalue weighted by atomic mass is 32.2. The lowest BCUT2D eigenvalue weighted by molar-refractivity contribution is -0.156. The van der Waals surface area contributed by atoms with Gasteiger partial charge < -0.3 is 39.2 Å². The summed E-state index contributed by atoms with van der Waals surface area (Å²) < 4.78 is 29.1. The number of benzene rings is 2. The Labute approximate surface area is 251 Å². The number of nitrogens with zero attached hydrogens (tertiary/aromatic N) is 3. The monoisotopic (exact) mass is 608 g/mol. The van der Waals surface area contributed by atoms with Crippen LogP contribution in [-0.4, -0.2) is 77.5 Å². The Hall–Kier alpha value is -3.70. The average molecular weight is 609 g/mol. The highest BCUT2D eigenvalue weighted by Crippen LogP contribution is 2.65. The fourth-order valence-corrected chi connectivity index (χ4v) is 8.93. The predicted octanol–water partition coefficient (Wildman–Crippen LogP) is 3.04. The van der Waals surface area contributed by atoms with Crippen molar-refractivity contribution in [2.24, 2.45) is 0 Å². The van der Waals surface area contributed by atoms with Gasteiger partial charge in [-0.1, -0.05) is 12.1 Å². The Kier molecular flexibility index (Phi) is 6.48. The van der Waals surface area contributed by atoms with E-state index in [0.717, 1.165) is 11.1 Å². The second-order valence-electron chi connectivity index (χ2n) is 11.5. The predicted molar refractivity (Wildman–Crippen MR) is 152 cm³/mol. The lowest BCUT2D eigenvalue weighted by Gasteiger charge is -2.63. The number of hydrogen-bond acceptors (Lipinski definition) is 12. The molecule has 6 aliphatic rings. The fourth-order valence-electron chi connectivity index (χ4n) is 7.52. The van der Waals surface area contributed by atoms with Crippen molar-refractivity contribution in [2.75, 3.05) is 32.8 Å². The van der Waals surface area contributed by atoms with Crippen LogP contribution in [0.2, 0.25) is 0 Å². The van der Waals surface area contributed by atoms with E-state index in [9.17, 15) is 25.1 Å². The van der Waals surface area contributed by atoms with Gasteiger partial charge in [0.1, 0.15) is 12.4 Å². The number of cyclic esters (lactones) is 1. The van der Waals surface area contributed by atoms with E-state index < -0.39 is 47.0 Å². The molecule has 2 N–H and O–H groups in total. The number of carbonyl (C=O) groups is 2.